The van der Waals surface area contributed by atoms with Crippen molar-refractivity contribution in [3.8, 4) is 11.9 Å². The molecule has 0 saturated carbocycles. The molecule has 0 saturated heterocycles. The van der Waals surface area contributed by atoms with Crippen molar-refractivity contribution in [2.24, 2.45) is 0 Å². The molecule has 31 heavy (non-hydrogen) atoms. The normalized spacial score (nSPS) is 10.7. The number of pyridine rings is 1. The smallest absolute Gasteiger partial charge is 0.271 e. The maximum Gasteiger partial charge on any atom is 0.271 e. The molecule has 5 heteroatoms. The lowest BCUT2D eigenvalue weighted by Crippen LogP contribution is -2.27. The second-order valence-corrected chi connectivity index (χ2v) is 7.54. The molecule has 5 nitrogen and oxygen atoms in total. The molecule has 0 fully saturated rings. The Kier molecular flexibility index (Phi) is 5.14. The zero-order valence-electron chi connectivity index (χ0n) is 17.2. The monoisotopic (exact) mass is 408 g/mol. The highest BCUT2D eigenvalue weighted by atomic mass is 16.3. The van der Waals surface area contributed by atoms with E-state index in [1.165, 1.54) is 6.92 Å². The van der Waals surface area contributed by atoms with Crippen LogP contribution < -0.4 is 5.56 Å². The van der Waals surface area contributed by atoms with Crippen LogP contribution in [0.15, 0.2) is 71.5 Å². The van der Waals surface area contributed by atoms with Gasteiger partial charge in [-0.3, -0.25) is 14.2 Å². The zero-order chi connectivity index (χ0) is 22.1. The Morgan fingerprint density at radius 3 is 2.39 bits per heavy atom. The summed E-state index contributed by atoms with van der Waals surface area (Å²) in [4.78, 5) is 26.5. The van der Waals surface area contributed by atoms with Crippen LogP contribution >= 0.6 is 0 Å². The first kappa shape index (κ1) is 20.1. The van der Waals surface area contributed by atoms with Gasteiger partial charge in [0, 0.05) is 5.56 Å². The van der Waals surface area contributed by atoms with Gasteiger partial charge in [0.05, 0.1) is 12.1 Å². The van der Waals surface area contributed by atoms with Crippen molar-refractivity contribution in [1.82, 2.24) is 4.57 Å². The van der Waals surface area contributed by atoms with E-state index in [1.807, 2.05) is 67.6 Å². The number of ketones is 1. The third kappa shape index (κ3) is 3.49. The van der Waals surface area contributed by atoms with Crippen LogP contribution in [-0.4, -0.2) is 15.5 Å². The minimum atomic E-state index is -0.618. The van der Waals surface area contributed by atoms with E-state index >= 15 is 0 Å². The Bertz CT molecular complexity index is 1420. The van der Waals surface area contributed by atoms with Gasteiger partial charge in [0.15, 0.2) is 5.78 Å². The second-order valence-electron chi connectivity index (χ2n) is 7.54. The molecule has 1 N–H and O–H groups in total. The van der Waals surface area contributed by atoms with E-state index in [9.17, 15) is 20.0 Å². The Hall–Kier alpha value is -4.17. The molecule has 0 bridgehead atoms. The molecular weight excluding hydrogens is 388 g/mol. The van der Waals surface area contributed by atoms with Gasteiger partial charge >= 0.3 is 0 Å². The zero-order valence-corrected chi connectivity index (χ0v) is 17.2. The number of fused-ring (bicyclic) bond motifs is 1. The average molecular weight is 408 g/mol. The second kappa shape index (κ2) is 7.92. The number of aryl methyl sites for hydroxylation is 1. The minimum absolute atomic E-state index is 0.0281. The number of aromatic hydroxyl groups is 1. The molecule has 0 radical (unpaired) electrons. The molecule has 0 atom stereocenters. The lowest BCUT2D eigenvalue weighted by atomic mass is 9.93. The van der Waals surface area contributed by atoms with Crippen LogP contribution in [0, 0.1) is 25.2 Å². The fraction of sp³-hybridized carbons (Fsp3) is 0.115. The van der Waals surface area contributed by atoms with Crippen molar-refractivity contribution in [3.63, 3.8) is 0 Å². The number of hydrogen-bond donors (Lipinski definition) is 1. The van der Waals surface area contributed by atoms with E-state index in [1.54, 1.807) is 12.1 Å². The topological polar surface area (TPSA) is 83.1 Å². The van der Waals surface area contributed by atoms with E-state index in [-0.39, 0.29) is 23.2 Å². The third-order valence-corrected chi connectivity index (χ3v) is 5.52. The summed E-state index contributed by atoms with van der Waals surface area (Å²) in [5, 5.41) is 22.3. The van der Waals surface area contributed by atoms with Crippen LogP contribution in [0.5, 0.6) is 5.88 Å². The predicted molar refractivity (Wildman–Crippen MR) is 119 cm³/mol. The van der Waals surface area contributed by atoms with Crippen molar-refractivity contribution >= 4 is 16.6 Å². The number of hydrogen-bond acceptors (Lipinski definition) is 4. The highest BCUT2D eigenvalue weighted by Crippen LogP contribution is 2.28. The van der Waals surface area contributed by atoms with Crippen molar-refractivity contribution in [2.75, 3.05) is 0 Å². The molecule has 0 aliphatic heterocycles. The van der Waals surface area contributed by atoms with Gasteiger partial charge in [0.1, 0.15) is 11.6 Å². The average Bonchev–Trinajstić information content (AvgIpc) is 2.78. The van der Waals surface area contributed by atoms with Crippen LogP contribution in [0.3, 0.4) is 0 Å². The lowest BCUT2D eigenvalue weighted by molar-refractivity contribution is 0.103. The van der Waals surface area contributed by atoms with Gasteiger partial charge in [0.2, 0.25) is 5.88 Å². The summed E-state index contributed by atoms with van der Waals surface area (Å²) in [7, 11) is 0. The maximum absolute atomic E-state index is 13.5. The van der Waals surface area contributed by atoms with Gasteiger partial charge in [-0.2, -0.15) is 5.26 Å². The first-order valence-electron chi connectivity index (χ1n) is 9.87. The summed E-state index contributed by atoms with van der Waals surface area (Å²) < 4.78 is 1.09. The number of rotatable bonds is 4. The van der Waals surface area contributed by atoms with Crippen LogP contribution in [0.25, 0.3) is 10.8 Å². The summed E-state index contributed by atoms with van der Waals surface area (Å²) in [6.07, 6.45) is 0. The molecule has 1 aromatic heterocycles. The van der Waals surface area contributed by atoms with Crippen LogP contribution in [0.1, 0.15) is 38.2 Å². The standard InChI is InChI=1S/C26H20N2O3/c1-16-10-12-18(13-11-16)15-28-25(30)22(14-27)17(2)23(26(28)31)24(29)21-9-5-7-19-6-3-4-8-20(19)21/h3-13,31H,15H2,1-2H3. The summed E-state index contributed by atoms with van der Waals surface area (Å²) >= 11 is 0. The van der Waals surface area contributed by atoms with Crippen LogP contribution in [-0.2, 0) is 6.54 Å². The molecule has 152 valence electrons. The number of nitrogens with zero attached hydrogens (tertiary/aromatic N) is 2. The first-order chi connectivity index (χ1) is 14.9. The quantitative estimate of drug-likeness (QED) is 0.505. The van der Waals surface area contributed by atoms with E-state index in [0.29, 0.717) is 5.56 Å². The molecule has 4 rings (SSSR count). The third-order valence-electron chi connectivity index (χ3n) is 5.52. The molecular formula is C26H20N2O3. The fourth-order valence-corrected chi connectivity index (χ4v) is 3.80. The van der Waals surface area contributed by atoms with Gasteiger partial charge < -0.3 is 5.11 Å². The van der Waals surface area contributed by atoms with Crippen molar-refractivity contribution in [3.05, 3.63) is 110 Å². The predicted octanol–water partition coefficient (Wildman–Crippen LogP) is 4.47. The highest BCUT2D eigenvalue weighted by molar-refractivity contribution is 6.18. The first-order valence-corrected chi connectivity index (χ1v) is 9.87. The highest BCUT2D eigenvalue weighted by Gasteiger charge is 2.25. The van der Waals surface area contributed by atoms with Crippen molar-refractivity contribution in [2.45, 2.75) is 20.4 Å². The number of benzene rings is 3. The Morgan fingerprint density at radius 1 is 1.00 bits per heavy atom. The van der Waals surface area contributed by atoms with Crippen LogP contribution in [0.2, 0.25) is 0 Å². The molecule has 3 aromatic carbocycles. The number of carbonyl (C=O) groups is 1. The number of nitriles is 1. The summed E-state index contributed by atoms with van der Waals surface area (Å²) in [5.74, 6) is -0.860. The summed E-state index contributed by atoms with van der Waals surface area (Å²) in [5.41, 5.74) is 1.64. The van der Waals surface area contributed by atoms with Gasteiger partial charge in [0.25, 0.3) is 5.56 Å². The molecule has 0 spiro atoms. The Labute approximate surface area is 179 Å². The fourth-order valence-electron chi connectivity index (χ4n) is 3.80. The summed E-state index contributed by atoms with van der Waals surface area (Å²) in [6, 6.07) is 22.2. The SMILES string of the molecule is Cc1ccc(Cn2c(O)c(C(=O)c3cccc4ccccc34)c(C)c(C#N)c2=O)cc1. The minimum Gasteiger partial charge on any atom is -0.494 e. The van der Waals surface area contributed by atoms with Crippen LogP contribution in [0.4, 0.5) is 0 Å². The maximum atomic E-state index is 13.5. The number of carbonyl (C=O) groups excluding carboxylic acids is 1. The molecule has 0 amide bonds. The summed E-state index contributed by atoms with van der Waals surface area (Å²) in [6.45, 7) is 3.53. The van der Waals surface area contributed by atoms with Gasteiger partial charge in [-0.1, -0.05) is 72.3 Å². The Morgan fingerprint density at radius 2 is 1.68 bits per heavy atom. The van der Waals surface area contributed by atoms with Gasteiger partial charge in [-0.05, 0) is 35.7 Å². The molecule has 0 unspecified atom stereocenters. The largest absolute Gasteiger partial charge is 0.494 e. The van der Waals surface area contributed by atoms with Crippen molar-refractivity contribution < 1.29 is 9.90 Å². The van der Waals surface area contributed by atoms with E-state index in [2.05, 4.69) is 0 Å². The number of aromatic nitrogens is 1. The Balaban J connectivity index is 1.93. The van der Waals surface area contributed by atoms with E-state index in [4.69, 9.17) is 0 Å². The molecule has 1 heterocycles. The van der Waals surface area contributed by atoms with Crippen molar-refractivity contribution in [1.29, 1.82) is 5.26 Å². The molecule has 0 aliphatic rings. The van der Waals surface area contributed by atoms with Gasteiger partial charge in [-0.15, -0.1) is 0 Å². The van der Waals surface area contributed by atoms with E-state index in [0.717, 1.165) is 26.5 Å². The lowest BCUT2D eigenvalue weighted by Gasteiger charge is -2.16. The van der Waals surface area contributed by atoms with Gasteiger partial charge in [-0.25, -0.2) is 0 Å². The molecule has 4 aromatic rings. The molecule has 0 aliphatic carbocycles. The van der Waals surface area contributed by atoms with E-state index < -0.39 is 17.2 Å².